The van der Waals surface area contributed by atoms with Gasteiger partial charge in [0.15, 0.2) is 0 Å². The molecule has 6 heteroatoms. The fourth-order valence-electron chi connectivity index (χ4n) is 1.68. The molecule has 1 aliphatic carbocycles. The average molecular weight is 240 g/mol. The Morgan fingerprint density at radius 3 is 3.00 bits per heavy atom. The Balaban J connectivity index is 1.86. The first-order valence-electron chi connectivity index (χ1n) is 5.21. The lowest BCUT2D eigenvalue weighted by atomic mass is 10.1. The number of aromatic nitrogens is 2. The molecule has 2 rings (SSSR count). The second kappa shape index (κ2) is 4.37. The van der Waals surface area contributed by atoms with E-state index in [9.17, 15) is 0 Å². The van der Waals surface area contributed by atoms with E-state index in [1.54, 1.807) is 16.4 Å². The van der Waals surface area contributed by atoms with Crippen molar-refractivity contribution < 1.29 is 5.21 Å². The normalized spacial score (nSPS) is 18.7. The van der Waals surface area contributed by atoms with E-state index in [4.69, 9.17) is 10.9 Å². The Labute approximate surface area is 98.7 Å². The zero-order valence-electron chi connectivity index (χ0n) is 9.26. The molecule has 1 heterocycles. The standard InChI is InChI=1S/C10H16N4OS/c1-14-6-8(5-12-14)16-7-10(2-3-10)4-9(11)13-15/h5-6,15H,2-4,7H2,1H3,(H2,11,13). The second-order valence-electron chi connectivity index (χ2n) is 4.41. The van der Waals surface area contributed by atoms with Crippen LogP contribution in [0.4, 0.5) is 0 Å². The number of hydrogen-bond donors (Lipinski definition) is 2. The molecule has 0 saturated heterocycles. The summed E-state index contributed by atoms with van der Waals surface area (Å²) in [6.45, 7) is 0. The molecule has 0 aliphatic heterocycles. The summed E-state index contributed by atoms with van der Waals surface area (Å²) in [6, 6.07) is 0. The van der Waals surface area contributed by atoms with E-state index >= 15 is 0 Å². The lowest BCUT2D eigenvalue weighted by Crippen LogP contribution is -2.19. The summed E-state index contributed by atoms with van der Waals surface area (Å²) in [5.74, 6) is 1.35. The van der Waals surface area contributed by atoms with Gasteiger partial charge in [-0.25, -0.2) is 0 Å². The average Bonchev–Trinajstić information content (AvgIpc) is 2.90. The molecule has 16 heavy (non-hydrogen) atoms. The lowest BCUT2D eigenvalue weighted by molar-refractivity contribution is 0.315. The number of amidine groups is 1. The van der Waals surface area contributed by atoms with Crippen LogP contribution in [0.3, 0.4) is 0 Å². The molecular formula is C10H16N4OS. The molecule has 0 radical (unpaired) electrons. The molecular weight excluding hydrogens is 224 g/mol. The van der Waals surface area contributed by atoms with Crippen molar-refractivity contribution in [3.05, 3.63) is 12.4 Å². The summed E-state index contributed by atoms with van der Waals surface area (Å²) >= 11 is 1.79. The van der Waals surface area contributed by atoms with Crippen molar-refractivity contribution in [2.24, 2.45) is 23.4 Å². The van der Waals surface area contributed by atoms with Crippen LogP contribution in [0.25, 0.3) is 0 Å². The van der Waals surface area contributed by atoms with Crippen LogP contribution in [-0.2, 0) is 7.05 Å². The number of hydrogen-bond acceptors (Lipinski definition) is 4. The van der Waals surface area contributed by atoms with Crippen molar-refractivity contribution in [2.75, 3.05) is 5.75 Å². The van der Waals surface area contributed by atoms with Gasteiger partial charge in [0.1, 0.15) is 5.84 Å². The van der Waals surface area contributed by atoms with Crippen LogP contribution in [0.2, 0.25) is 0 Å². The molecule has 0 amide bonds. The highest BCUT2D eigenvalue weighted by molar-refractivity contribution is 7.99. The summed E-state index contributed by atoms with van der Waals surface area (Å²) in [6.07, 6.45) is 6.89. The predicted octanol–water partition coefficient (Wildman–Crippen LogP) is 1.43. The topological polar surface area (TPSA) is 76.4 Å². The van der Waals surface area contributed by atoms with Gasteiger partial charge >= 0.3 is 0 Å². The minimum Gasteiger partial charge on any atom is -0.409 e. The molecule has 0 unspecified atom stereocenters. The highest BCUT2D eigenvalue weighted by atomic mass is 32.2. The van der Waals surface area contributed by atoms with Crippen LogP contribution < -0.4 is 5.73 Å². The molecule has 0 atom stereocenters. The third-order valence-corrected chi connectivity index (χ3v) is 4.17. The number of aryl methyl sites for hydroxylation is 1. The monoisotopic (exact) mass is 240 g/mol. The SMILES string of the molecule is Cn1cc(SCC2(CC(N)=NO)CC2)cn1. The molecule has 1 aliphatic rings. The summed E-state index contributed by atoms with van der Waals surface area (Å²) in [5, 5.41) is 15.7. The first-order chi connectivity index (χ1) is 7.63. The lowest BCUT2D eigenvalue weighted by Gasteiger charge is -2.12. The maximum atomic E-state index is 8.56. The molecule has 1 aromatic heterocycles. The number of nitrogens with zero attached hydrogens (tertiary/aromatic N) is 3. The minimum atomic E-state index is 0.247. The third-order valence-electron chi connectivity index (χ3n) is 2.87. The quantitative estimate of drug-likeness (QED) is 0.268. The zero-order valence-corrected chi connectivity index (χ0v) is 10.1. The Morgan fingerprint density at radius 2 is 2.50 bits per heavy atom. The van der Waals surface area contributed by atoms with Crippen molar-refractivity contribution in [2.45, 2.75) is 24.2 Å². The molecule has 5 nitrogen and oxygen atoms in total. The van der Waals surface area contributed by atoms with Gasteiger partial charge in [0.25, 0.3) is 0 Å². The van der Waals surface area contributed by atoms with E-state index in [0.717, 1.165) is 18.6 Å². The van der Waals surface area contributed by atoms with Gasteiger partial charge < -0.3 is 10.9 Å². The van der Waals surface area contributed by atoms with E-state index in [2.05, 4.69) is 10.3 Å². The van der Waals surface area contributed by atoms with E-state index in [-0.39, 0.29) is 5.41 Å². The van der Waals surface area contributed by atoms with E-state index in [1.165, 1.54) is 4.90 Å². The van der Waals surface area contributed by atoms with Crippen molar-refractivity contribution in [1.29, 1.82) is 0 Å². The number of rotatable bonds is 5. The van der Waals surface area contributed by atoms with Crippen LogP contribution in [0, 0.1) is 5.41 Å². The van der Waals surface area contributed by atoms with E-state index < -0.39 is 0 Å². The molecule has 1 aromatic rings. The maximum Gasteiger partial charge on any atom is 0.139 e. The summed E-state index contributed by atoms with van der Waals surface area (Å²) in [4.78, 5) is 1.17. The fraction of sp³-hybridized carbons (Fsp3) is 0.600. The van der Waals surface area contributed by atoms with E-state index in [1.807, 2.05) is 19.4 Å². The second-order valence-corrected chi connectivity index (χ2v) is 5.46. The fourth-order valence-corrected chi connectivity index (χ4v) is 2.89. The van der Waals surface area contributed by atoms with Gasteiger partial charge in [-0.1, -0.05) is 5.16 Å². The maximum absolute atomic E-state index is 8.56. The largest absolute Gasteiger partial charge is 0.409 e. The first-order valence-corrected chi connectivity index (χ1v) is 6.20. The Hall–Kier alpha value is -1.17. The van der Waals surface area contributed by atoms with E-state index in [0.29, 0.717) is 12.3 Å². The smallest absolute Gasteiger partial charge is 0.139 e. The summed E-state index contributed by atoms with van der Waals surface area (Å²) < 4.78 is 1.80. The van der Waals surface area contributed by atoms with Crippen LogP contribution in [0.15, 0.2) is 22.4 Å². The third kappa shape index (κ3) is 2.69. The Kier molecular flexibility index (Phi) is 3.09. The van der Waals surface area contributed by atoms with Gasteiger partial charge in [-0.15, -0.1) is 11.8 Å². The van der Waals surface area contributed by atoms with Crippen LogP contribution in [-0.4, -0.2) is 26.6 Å². The molecule has 1 fully saturated rings. The zero-order chi connectivity index (χ0) is 11.6. The van der Waals surface area contributed by atoms with Crippen molar-refractivity contribution in [3.63, 3.8) is 0 Å². The highest BCUT2D eigenvalue weighted by Crippen LogP contribution is 2.51. The van der Waals surface area contributed by atoms with Crippen molar-refractivity contribution >= 4 is 17.6 Å². The minimum absolute atomic E-state index is 0.247. The van der Waals surface area contributed by atoms with Gasteiger partial charge in [0, 0.05) is 30.3 Å². The predicted molar refractivity (Wildman–Crippen MR) is 63.6 cm³/mol. The van der Waals surface area contributed by atoms with Crippen LogP contribution in [0.5, 0.6) is 0 Å². The number of nitrogens with two attached hydrogens (primary N) is 1. The first kappa shape index (κ1) is 11.3. The number of oxime groups is 1. The van der Waals surface area contributed by atoms with Crippen LogP contribution in [0.1, 0.15) is 19.3 Å². The van der Waals surface area contributed by atoms with Gasteiger partial charge in [-0.3, -0.25) is 4.68 Å². The molecule has 0 aromatic carbocycles. The van der Waals surface area contributed by atoms with Gasteiger partial charge in [-0.2, -0.15) is 5.10 Å². The highest BCUT2D eigenvalue weighted by Gasteiger charge is 2.43. The number of thioether (sulfide) groups is 1. The molecule has 1 saturated carbocycles. The summed E-state index contributed by atoms with van der Waals surface area (Å²) in [7, 11) is 1.91. The van der Waals surface area contributed by atoms with Gasteiger partial charge in [0.05, 0.1) is 6.20 Å². The Bertz CT molecular complexity index is 397. The van der Waals surface area contributed by atoms with Gasteiger partial charge in [0.2, 0.25) is 0 Å². The van der Waals surface area contributed by atoms with Crippen LogP contribution >= 0.6 is 11.8 Å². The molecule has 0 spiro atoms. The summed E-state index contributed by atoms with van der Waals surface area (Å²) in [5.41, 5.74) is 5.79. The van der Waals surface area contributed by atoms with Gasteiger partial charge in [-0.05, 0) is 18.3 Å². The van der Waals surface area contributed by atoms with Crippen molar-refractivity contribution in [1.82, 2.24) is 9.78 Å². The molecule has 3 N–H and O–H groups in total. The van der Waals surface area contributed by atoms with Crippen molar-refractivity contribution in [3.8, 4) is 0 Å². The molecule has 0 bridgehead atoms. The molecule has 88 valence electrons. The Morgan fingerprint density at radius 1 is 1.75 bits per heavy atom.